The predicted octanol–water partition coefficient (Wildman–Crippen LogP) is 0.122. The van der Waals surface area contributed by atoms with Gasteiger partial charge in [-0.15, -0.1) is 0 Å². The Hall–Kier alpha value is -1.58. The minimum absolute atomic E-state index is 0.00361. The van der Waals surface area contributed by atoms with E-state index in [1.807, 2.05) is 12.2 Å². The summed E-state index contributed by atoms with van der Waals surface area (Å²) in [6.45, 7) is 4.23. The highest BCUT2D eigenvalue weighted by atomic mass is 16.2. The van der Waals surface area contributed by atoms with Crippen LogP contribution in [0, 0.1) is 10.8 Å². The molecule has 0 saturated heterocycles. The van der Waals surface area contributed by atoms with Crippen LogP contribution in [0.15, 0.2) is 24.3 Å². The van der Waals surface area contributed by atoms with E-state index in [4.69, 9.17) is 0 Å². The van der Waals surface area contributed by atoms with Crippen molar-refractivity contribution in [2.75, 3.05) is 0 Å². The van der Waals surface area contributed by atoms with Crippen molar-refractivity contribution >= 4 is 11.8 Å². The SMILES string of the molecule is C[C@]12C=CC(=O)N[C@H]1[C@H]1NC(=O)C=C[C@]12C. The van der Waals surface area contributed by atoms with Gasteiger partial charge in [-0.05, 0) is 12.2 Å². The molecule has 0 unspecified atom stereocenters. The summed E-state index contributed by atoms with van der Waals surface area (Å²) in [4.78, 5) is 22.7. The van der Waals surface area contributed by atoms with E-state index >= 15 is 0 Å². The first-order valence-corrected chi connectivity index (χ1v) is 5.47. The average molecular weight is 218 g/mol. The van der Waals surface area contributed by atoms with Crippen molar-refractivity contribution < 1.29 is 9.59 Å². The van der Waals surface area contributed by atoms with Crippen LogP contribution in [0.3, 0.4) is 0 Å². The van der Waals surface area contributed by atoms with Gasteiger partial charge < -0.3 is 10.6 Å². The molecule has 0 aromatic heterocycles. The summed E-state index contributed by atoms with van der Waals surface area (Å²) in [7, 11) is 0. The van der Waals surface area contributed by atoms with Crippen molar-refractivity contribution in [1.29, 1.82) is 0 Å². The van der Waals surface area contributed by atoms with Gasteiger partial charge in [-0.25, -0.2) is 0 Å². The number of amides is 2. The summed E-state index contributed by atoms with van der Waals surface area (Å²) < 4.78 is 0. The summed E-state index contributed by atoms with van der Waals surface area (Å²) in [6, 6.07) is 0.00722. The minimum atomic E-state index is -0.101. The van der Waals surface area contributed by atoms with Crippen LogP contribution in [-0.2, 0) is 9.59 Å². The van der Waals surface area contributed by atoms with Crippen LogP contribution in [0.1, 0.15) is 13.8 Å². The smallest absolute Gasteiger partial charge is 0.243 e. The molecule has 4 atom stereocenters. The van der Waals surface area contributed by atoms with Gasteiger partial charge in [0.05, 0.1) is 12.1 Å². The van der Waals surface area contributed by atoms with E-state index in [1.54, 1.807) is 12.2 Å². The van der Waals surface area contributed by atoms with Crippen LogP contribution < -0.4 is 10.6 Å². The number of carbonyl (C=O) groups excluding carboxylic acids is 2. The van der Waals surface area contributed by atoms with Gasteiger partial charge in [-0.2, -0.15) is 0 Å². The molecule has 0 radical (unpaired) electrons. The summed E-state index contributed by atoms with van der Waals surface area (Å²) in [5.41, 5.74) is -0.203. The molecule has 3 aliphatic rings. The molecule has 1 aliphatic carbocycles. The van der Waals surface area contributed by atoms with Gasteiger partial charge in [-0.1, -0.05) is 26.0 Å². The molecule has 2 N–H and O–H groups in total. The zero-order chi connectivity index (χ0) is 11.6. The first-order chi connectivity index (χ1) is 7.47. The van der Waals surface area contributed by atoms with Crippen LogP contribution >= 0.6 is 0 Å². The van der Waals surface area contributed by atoms with Crippen LogP contribution in [0.5, 0.6) is 0 Å². The first-order valence-electron chi connectivity index (χ1n) is 5.47. The number of nitrogens with one attached hydrogen (secondary N) is 2. The van der Waals surface area contributed by atoms with E-state index in [1.165, 1.54) is 0 Å². The normalized spacial score (nSPS) is 48.6. The molecule has 4 nitrogen and oxygen atoms in total. The van der Waals surface area contributed by atoms with Crippen LogP contribution in [0.25, 0.3) is 0 Å². The molecule has 16 heavy (non-hydrogen) atoms. The number of rotatable bonds is 0. The van der Waals surface area contributed by atoms with Gasteiger partial charge in [0.25, 0.3) is 0 Å². The largest absolute Gasteiger partial charge is 0.347 e. The highest BCUT2D eigenvalue weighted by molar-refractivity contribution is 5.92. The van der Waals surface area contributed by atoms with Gasteiger partial charge in [0.15, 0.2) is 0 Å². The Balaban J connectivity index is 2.07. The van der Waals surface area contributed by atoms with Crippen LogP contribution in [0.2, 0.25) is 0 Å². The number of hydrogen-bond acceptors (Lipinski definition) is 2. The van der Waals surface area contributed by atoms with Crippen LogP contribution in [0.4, 0.5) is 0 Å². The summed E-state index contributed by atoms with van der Waals surface area (Å²) in [6.07, 6.45) is 7.11. The molecule has 1 saturated carbocycles. The Morgan fingerprint density at radius 3 is 1.69 bits per heavy atom. The Kier molecular flexibility index (Phi) is 1.54. The van der Waals surface area contributed by atoms with E-state index in [9.17, 15) is 9.59 Å². The van der Waals surface area contributed by atoms with Crippen molar-refractivity contribution in [1.82, 2.24) is 10.6 Å². The third kappa shape index (κ3) is 0.859. The number of fused-ring (bicyclic) bond motifs is 4. The highest BCUT2D eigenvalue weighted by Gasteiger charge is 2.67. The highest BCUT2D eigenvalue weighted by Crippen LogP contribution is 2.60. The molecule has 0 aromatic carbocycles. The fourth-order valence-electron chi connectivity index (χ4n) is 3.20. The predicted molar refractivity (Wildman–Crippen MR) is 58.4 cm³/mol. The summed E-state index contributed by atoms with van der Waals surface area (Å²) >= 11 is 0. The Morgan fingerprint density at radius 1 is 0.938 bits per heavy atom. The lowest BCUT2D eigenvalue weighted by Crippen LogP contribution is -2.80. The zero-order valence-electron chi connectivity index (χ0n) is 9.28. The lowest BCUT2D eigenvalue weighted by molar-refractivity contribution is -0.136. The van der Waals surface area contributed by atoms with E-state index in [0.29, 0.717) is 0 Å². The molecule has 2 amide bonds. The molecule has 3 rings (SSSR count). The maximum Gasteiger partial charge on any atom is 0.243 e. The lowest BCUT2D eigenvalue weighted by atomic mass is 9.43. The molecule has 0 bridgehead atoms. The van der Waals surface area contributed by atoms with Gasteiger partial charge in [0.1, 0.15) is 0 Å². The maximum absolute atomic E-state index is 11.3. The van der Waals surface area contributed by atoms with Crippen molar-refractivity contribution in [3.63, 3.8) is 0 Å². The molecule has 0 spiro atoms. The average Bonchev–Trinajstić information content (AvgIpc) is 2.26. The molecule has 2 heterocycles. The molecular formula is C12H14N2O2. The minimum Gasteiger partial charge on any atom is -0.347 e. The number of carbonyl (C=O) groups is 2. The fraction of sp³-hybridized carbons (Fsp3) is 0.500. The lowest BCUT2D eigenvalue weighted by Gasteiger charge is -2.66. The summed E-state index contributed by atoms with van der Waals surface area (Å²) in [5, 5.41) is 5.85. The van der Waals surface area contributed by atoms with Crippen molar-refractivity contribution in [3.05, 3.63) is 24.3 Å². The molecular weight excluding hydrogens is 204 g/mol. The topological polar surface area (TPSA) is 58.2 Å². The fourth-order valence-corrected chi connectivity index (χ4v) is 3.20. The Morgan fingerprint density at radius 2 is 1.31 bits per heavy atom. The maximum atomic E-state index is 11.3. The van der Waals surface area contributed by atoms with Gasteiger partial charge >= 0.3 is 0 Å². The van der Waals surface area contributed by atoms with E-state index < -0.39 is 0 Å². The Bertz CT molecular complexity index is 412. The third-order valence-corrected chi connectivity index (χ3v) is 4.54. The molecule has 2 aliphatic heterocycles. The van der Waals surface area contributed by atoms with Gasteiger partial charge in [0, 0.05) is 10.8 Å². The monoisotopic (exact) mass is 218 g/mol. The van der Waals surface area contributed by atoms with E-state index in [-0.39, 0.29) is 34.7 Å². The summed E-state index contributed by atoms with van der Waals surface area (Å²) in [5.74, 6) is -0.151. The quantitative estimate of drug-likeness (QED) is 0.607. The van der Waals surface area contributed by atoms with Crippen LogP contribution in [-0.4, -0.2) is 23.9 Å². The van der Waals surface area contributed by atoms with Crippen molar-refractivity contribution in [2.24, 2.45) is 10.8 Å². The van der Waals surface area contributed by atoms with E-state index in [2.05, 4.69) is 24.5 Å². The molecule has 1 fully saturated rings. The third-order valence-electron chi connectivity index (χ3n) is 4.54. The molecule has 0 aromatic rings. The zero-order valence-corrected chi connectivity index (χ0v) is 9.28. The van der Waals surface area contributed by atoms with Gasteiger partial charge in [-0.3, -0.25) is 9.59 Å². The Labute approximate surface area is 93.8 Å². The van der Waals surface area contributed by atoms with E-state index in [0.717, 1.165) is 0 Å². The van der Waals surface area contributed by atoms with Gasteiger partial charge in [0.2, 0.25) is 11.8 Å². The molecule has 4 heteroatoms. The second-order valence-corrected chi connectivity index (χ2v) is 5.20. The molecule has 84 valence electrons. The van der Waals surface area contributed by atoms with Crippen molar-refractivity contribution in [2.45, 2.75) is 25.9 Å². The number of hydrogen-bond donors (Lipinski definition) is 2. The first kappa shape index (κ1) is 9.63. The second kappa shape index (κ2) is 2.56. The van der Waals surface area contributed by atoms with Crippen molar-refractivity contribution in [3.8, 4) is 0 Å². The second-order valence-electron chi connectivity index (χ2n) is 5.20. The standard InChI is InChI=1S/C12H14N2O2/c1-11-5-3-7(15)13-9(11)10-12(11,2)6-4-8(16)14-10/h3-6,9-10H,1-2H3,(H,13,15)(H,14,16)/t9-,10+,11-,12+.